The number of ether oxygens (including phenoxy) is 1. The van der Waals surface area contributed by atoms with Crippen molar-refractivity contribution in [3.05, 3.63) is 22.5 Å². The number of carbonyl (C=O) groups is 1. The molecule has 1 rings (SSSR count). The molecule has 0 aliphatic heterocycles. The third-order valence-electron chi connectivity index (χ3n) is 2.43. The maximum Gasteiger partial charge on any atom is 0.333 e. The first-order valence-electron chi connectivity index (χ1n) is 4.90. The highest BCUT2D eigenvalue weighted by atomic mass is 16.5. The van der Waals surface area contributed by atoms with Gasteiger partial charge in [0.2, 0.25) is 0 Å². The fourth-order valence-corrected chi connectivity index (χ4v) is 1.25. The molecule has 15 heavy (non-hydrogen) atoms. The number of methoxy groups -OCH3 is 1. The zero-order valence-corrected chi connectivity index (χ0v) is 9.55. The first-order valence-corrected chi connectivity index (χ1v) is 4.90. The third kappa shape index (κ3) is 2.46. The van der Waals surface area contributed by atoms with Crippen LogP contribution in [0.5, 0.6) is 0 Å². The number of hydrogen-bond acceptors (Lipinski definition) is 3. The lowest BCUT2D eigenvalue weighted by atomic mass is 10.1. The molecular formula is C11H16N2O2. The van der Waals surface area contributed by atoms with Gasteiger partial charge in [0.1, 0.15) is 0 Å². The number of nitrogens with zero attached hydrogens (tertiary/aromatic N) is 1. The lowest BCUT2D eigenvalue weighted by Crippen LogP contribution is -2.03. The number of carbonyl (C=O) groups excluding carboxylic acids is 1. The Labute approximate surface area is 89.3 Å². The van der Waals surface area contributed by atoms with Crippen LogP contribution in [0, 0.1) is 13.8 Å². The summed E-state index contributed by atoms with van der Waals surface area (Å²) in [5, 5.41) is 6.99. The van der Waals surface area contributed by atoms with Crippen LogP contribution in [0.2, 0.25) is 0 Å². The molecule has 0 aliphatic rings. The van der Waals surface area contributed by atoms with Crippen molar-refractivity contribution in [1.82, 2.24) is 10.2 Å². The minimum atomic E-state index is -0.294. The molecule has 0 aromatic carbocycles. The minimum Gasteiger partial charge on any atom is -0.466 e. The topological polar surface area (TPSA) is 55.0 Å². The molecule has 1 heterocycles. The van der Waals surface area contributed by atoms with Gasteiger partial charge in [0.15, 0.2) is 0 Å². The number of esters is 1. The van der Waals surface area contributed by atoms with Gasteiger partial charge in [0, 0.05) is 11.3 Å². The highest BCUT2D eigenvalue weighted by molar-refractivity contribution is 5.93. The molecule has 0 radical (unpaired) electrons. The zero-order valence-electron chi connectivity index (χ0n) is 9.55. The summed E-state index contributed by atoms with van der Waals surface area (Å²) in [7, 11) is 1.38. The normalized spacial score (nSPS) is 11.6. The van der Waals surface area contributed by atoms with Crippen LogP contribution < -0.4 is 0 Å². The highest BCUT2D eigenvalue weighted by Crippen LogP contribution is 2.14. The predicted octanol–water partition coefficient (Wildman–Crippen LogP) is 1.99. The van der Waals surface area contributed by atoms with E-state index in [0.717, 1.165) is 17.0 Å². The van der Waals surface area contributed by atoms with E-state index in [2.05, 4.69) is 14.9 Å². The second-order valence-corrected chi connectivity index (χ2v) is 3.37. The van der Waals surface area contributed by atoms with Crippen molar-refractivity contribution >= 4 is 12.0 Å². The van der Waals surface area contributed by atoms with Crippen molar-refractivity contribution in [3.63, 3.8) is 0 Å². The molecule has 0 saturated heterocycles. The van der Waals surface area contributed by atoms with Crippen molar-refractivity contribution < 1.29 is 9.53 Å². The maximum absolute atomic E-state index is 11.3. The largest absolute Gasteiger partial charge is 0.466 e. The predicted molar refractivity (Wildman–Crippen MR) is 58.3 cm³/mol. The number of hydrogen-bond donors (Lipinski definition) is 1. The van der Waals surface area contributed by atoms with Crippen LogP contribution in [0.1, 0.15) is 30.3 Å². The molecule has 0 amide bonds. The van der Waals surface area contributed by atoms with Crippen LogP contribution in [-0.2, 0) is 9.53 Å². The average molecular weight is 208 g/mol. The lowest BCUT2D eigenvalue weighted by Gasteiger charge is -2.00. The Hall–Kier alpha value is -1.58. The molecule has 1 aromatic rings. The molecule has 4 heteroatoms. The van der Waals surface area contributed by atoms with Crippen molar-refractivity contribution in [3.8, 4) is 0 Å². The van der Waals surface area contributed by atoms with Gasteiger partial charge in [0.05, 0.1) is 12.8 Å². The number of H-pyrrole nitrogens is 1. The SMILES string of the molecule is CC/C(=C\c1n[nH]c(C)c1C)C(=O)OC. The summed E-state index contributed by atoms with van der Waals surface area (Å²) >= 11 is 0. The lowest BCUT2D eigenvalue weighted by molar-refractivity contribution is -0.136. The van der Waals surface area contributed by atoms with Crippen LogP contribution in [-0.4, -0.2) is 23.3 Å². The molecule has 82 valence electrons. The molecule has 0 unspecified atom stereocenters. The zero-order chi connectivity index (χ0) is 11.4. The number of rotatable bonds is 3. The van der Waals surface area contributed by atoms with Gasteiger partial charge in [-0.2, -0.15) is 5.10 Å². The van der Waals surface area contributed by atoms with Crippen LogP contribution in [0.3, 0.4) is 0 Å². The second kappa shape index (κ2) is 4.77. The molecule has 1 aromatic heterocycles. The Morgan fingerprint density at radius 1 is 1.53 bits per heavy atom. The second-order valence-electron chi connectivity index (χ2n) is 3.37. The molecule has 0 spiro atoms. The van der Waals surface area contributed by atoms with Crippen molar-refractivity contribution in [2.75, 3.05) is 7.11 Å². The van der Waals surface area contributed by atoms with Gasteiger partial charge in [-0.25, -0.2) is 4.79 Å². The van der Waals surface area contributed by atoms with Gasteiger partial charge in [-0.3, -0.25) is 5.10 Å². The molecule has 0 atom stereocenters. The van der Waals surface area contributed by atoms with E-state index < -0.39 is 0 Å². The van der Waals surface area contributed by atoms with E-state index >= 15 is 0 Å². The molecule has 0 aliphatic carbocycles. The summed E-state index contributed by atoms with van der Waals surface area (Å²) in [6, 6.07) is 0. The summed E-state index contributed by atoms with van der Waals surface area (Å²) < 4.78 is 4.68. The van der Waals surface area contributed by atoms with Gasteiger partial charge in [-0.1, -0.05) is 6.92 Å². The monoisotopic (exact) mass is 208 g/mol. The molecular weight excluding hydrogens is 192 g/mol. The maximum atomic E-state index is 11.3. The van der Waals surface area contributed by atoms with E-state index in [9.17, 15) is 4.79 Å². The number of aromatic amines is 1. The van der Waals surface area contributed by atoms with E-state index in [1.54, 1.807) is 6.08 Å². The van der Waals surface area contributed by atoms with Crippen LogP contribution in [0.25, 0.3) is 6.08 Å². The fraction of sp³-hybridized carbons (Fsp3) is 0.455. The fourth-order valence-electron chi connectivity index (χ4n) is 1.25. The van der Waals surface area contributed by atoms with Gasteiger partial charge in [-0.15, -0.1) is 0 Å². The standard InChI is InChI=1S/C11H16N2O2/c1-5-9(11(14)15-4)6-10-7(2)8(3)12-13-10/h6H,5H2,1-4H3,(H,12,13)/b9-6+. The summed E-state index contributed by atoms with van der Waals surface area (Å²) in [4.78, 5) is 11.3. The van der Waals surface area contributed by atoms with E-state index in [4.69, 9.17) is 0 Å². The van der Waals surface area contributed by atoms with Crippen molar-refractivity contribution in [2.45, 2.75) is 27.2 Å². The Balaban J connectivity index is 3.03. The Kier molecular flexibility index (Phi) is 3.66. The summed E-state index contributed by atoms with van der Waals surface area (Å²) in [6.07, 6.45) is 2.41. The average Bonchev–Trinajstić information content (AvgIpc) is 2.56. The Bertz CT molecular complexity index is 391. The van der Waals surface area contributed by atoms with E-state index in [1.165, 1.54) is 7.11 Å². The summed E-state index contributed by atoms with van der Waals surface area (Å²) in [5.74, 6) is -0.294. The molecule has 4 nitrogen and oxygen atoms in total. The van der Waals surface area contributed by atoms with Crippen molar-refractivity contribution in [2.24, 2.45) is 0 Å². The summed E-state index contributed by atoms with van der Waals surface area (Å²) in [6.45, 7) is 5.83. The summed E-state index contributed by atoms with van der Waals surface area (Å²) in [5.41, 5.74) is 3.51. The number of aromatic nitrogens is 2. The van der Waals surface area contributed by atoms with Gasteiger partial charge < -0.3 is 4.74 Å². The van der Waals surface area contributed by atoms with Crippen molar-refractivity contribution in [1.29, 1.82) is 0 Å². The van der Waals surface area contributed by atoms with Gasteiger partial charge >= 0.3 is 5.97 Å². The van der Waals surface area contributed by atoms with Crippen LogP contribution in [0.4, 0.5) is 0 Å². The number of aryl methyl sites for hydroxylation is 1. The van der Waals surface area contributed by atoms with E-state index in [0.29, 0.717) is 12.0 Å². The third-order valence-corrected chi connectivity index (χ3v) is 2.43. The first-order chi connectivity index (χ1) is 7.10. The quantitative estimate of drug-likeness (QED) is 0.610. The minimum absolute atomic E-state index is 0.294. The molecule has 0 saturated carbocycles. The van der Waals surface area contributed by atoms with Crippen LogP contribution >= 0.6 is 0 Å². The van der Waals surface area contributed by atoms with E-state index in [-0.39, 0.29) is 5.97 Å². The van der Waals surface area contributed by atoms with E-state index in [1.807, 2.05) is 20.8 Å². The van der Waals surface area contributed by atoms with Gasteiger partial charge in [-0.05, 0) is 31.9 Å². The Morgan fingerprint density at radius 2 is 2.20 bits per heavy atom. The first kappa shape index (κ1) is 11.5. The molecule has 0 fully saturated rings. The van der Waals surface area contributed by atoms with Crippen LogP contribution in [0.15, 0.2) is 5.57 Å². The van der Waals surface area contributed by atoms with Gasteiger partial charge in [0.25, 0.3) is 0 Å². The smallest absolute Gasteiger partial charge is 0.333 e. The highest BCUT2D eigenvalue weighted by Gasteiger charge is 2.10. The Morgan fingerprint density at radius 3 is 2.60 bits per heavy atom. The molecule has 1 N–H and O–H groups in total. The molecule has 0 bridgehead atoms. The number of nitrogens with one attached hydrogen (secondary N) is 1.